The minimum atomic E-state index is 0.179. The molecule has 2 aromatic carbocycles. The van der Waals surface area contributed by atoms with Crippen molar-refractivity contribution < 1.29 is 0 Å². The van der Waals surface area contributed by atoms with E-state index >= 15 is 0 Å². The van der Waals surface area contributed by atoms with Crippen LogP contribution in [0.3, 0.4) is 0 Å². The van der Waals surface area contributed by atoms with Crippen molar-refractivity contribution in [2.45, 2.75) is 44.8 Å². The molecule has 2 aliphatic heterocycles. The number of likely N-dealkylation sites (tertiary alicyclic amines) is 1. The first-order valence-electron chi connectivity index (χ1n) is 10.8. The normalized spacial score (nSPS) is 21.5. The highest BCUT2D eigenvalue weighted by Gasteiger charge is 2.46. The molecule has 0 aliphatic carbocycles. The summed E-state index contributed by atoms with van der Waals surface area (Å²) in [7, 11) is 0. The molecule has 3 aromatic rings. The molecule has 1 atom stereocenters. The van der Waals surface area contributed by atoms with Gasteiger partial charge in [-0.2, -0.15) is 0 Å². The highest BCUT2D eigenvalue weighted by atomic mass is 15.3. The Morgan fingerprint density at radius 1 is 0.828 bits per heavy atom. The Hall–Kier alpha value is -2.65. The van der Waals surface area contributed by atoms with E-state index < -0.39 is 0 Å². The van der Waals surface area contributed by atoms with Gasteiger partial charge in [-0.15, -0.1) is 0 Å². The van der Waals surface area contributed by atoms with E-state index in [2.05, 4.69) is 89.5 Å². The Labute approximate surface area is 174 Å². The van der Waals surface area contributed by atoms with Crippen molar-refractivity contribution in [3.05, 3.63) is 95.2 Å². The van der Waals surface area contributed by atoms with Crippen LogP contribution in [0.15, 0.2) is 72.8 Å². The van der Waals surface area contributed by atoms with Gasteiger partial charge in [-0.3, -0.25) is 4.90 Å². The quantitative estimate of drug-likeness (QED) is 0.633. The average molecular weight is 384 g/mol. The zero-order valence-electron chi connectivity index (χ0n) is 17.2. The van der Waals surface area contributed by atoms with Crippen molar-refractivity contribution in [1.82, 2.24) is 9.88 Å². The molecule has 148 valence electrons. The highest BCUT2D eigenvalue weighted by Crippen LogP contribution is 2.42. The number of aryl methyl sites for hydroxylation is 2. The highest BCUT2D eigenvalue weighted by molar-refractivity contribution is 5.54. The topological polar surface area (TPSA) is 19.4 Å². The molecule has 1 spiro atoms. The van der Waals surface area contributed by atoms with Crippen LogP contribution >= 0.6 is 0 Å². The summed E-state index contributed by atoms with van der Waals surface area (Å²) in [5.74, 6) is 1.21. The molecule has 3 heteroatoms. The number of benzene rings is 2. The summed E-state index contributed by atoms with van der Waals surface area (Å²) in [5.41, 5.74) is 5.46. The standard InChI is InChI=1S/C26H29N3/c1-21-12-13-24-14-15-26(16-17-28(20-26)18-22-8-4-2-5-9-22)29(25(24)27-21)19-23-10-6-3-7-11-23/h2-13H,14-20H2,1H3. The van der Waals surface area contributed by atoms with Crippen LogP contribution in [0.1, 0.15) is 35.2 Å². The van der Waals surface area contributed by atoms with Crippen molar-refractivity contribution in [2.75, 3.05) is 18.0 Å². The Bertz CT molecular complexity index is 970. The van der Waals surface area contributed by atoms with Crippen LogP contribution in [0.4, 0.5) is 5.82 Å². The Morgan fingerprint density at radius 2 is 1.52 bits per heavy atom. The molecule has 1 saturated heterocycles. The molecule has 3 nitrogen and oxygen atoms in total. The first-order valence-corrected chi connectivity index (χ1v) is 10.8. The van der Waals surface area contributed by atoms with Crippen molar-refractivity contribution in [1.29, 1.82) is 0 Å². The van der Waals surface area contributed by atoms with Gasteiger partial charge in [-0.05, 0) is 48.9 Å². The van der Waals surface area contributed by atoms with Gasteiger partial charge in [-0.1, -0.05) is 66.7 Å². The average Bonchev–Trinajstić information content (AvgIpc) is 3.15. The lowest BCUT2D eigenvalue weighted by atomic mass is 9.84. The molecule has 0 saturated carbocycles. The molecule has 3 heterocycles. The first kappa shape index (κ1) is 18.4. The zero-order chi connectivity index (χ0) is 19.7. The van der Waals surface area contributed by atoms with Gasteiger partial charge in [0.1, 0.15) is 5.82 Å². The molecule has 1 aromatic heterocycles. The number of hydrogen-bond acceptors (Lipinski definition) is 3. The lowest BCUT2D eigenvalue weighted by Gasteiger charge is -2.46. The van der Waals surface area contributed by atoms with Gasteiger partial charge >= 0.3 is 0 Å². The second kappa shape index (κ2) is 7.64. The smallest absolute Gasteiger partial charge is 0.132 e. The maximum absolute atomic E-state index is 5.03. The minimum Gasteiger partial charge on any atom is -0.345 e. The SMILES string of the molecule is Cc1ccc2c(n1)N(Cc1ccccc1)C1(CC2)CCN(Cc2ccccc2)C1. The summed E-state index contributed by atoms with van der Waals surface area (Å²) in [6.07, 6.45) is 3.55. The van der Waals surface area contributed by atoms with Gasteiger partial charge in [0.2, 0.25) is 0 Å². The van der Waals surface area contributed by atoms with E-state index in [0.29, 0.717) is 0 Å². The Kier molecular flexibility index (Phi) is 4.84. The van der Waals surface area contributed by atoms with Crippen molar-refractivity contribution >= 4 is 5.82 Å². The third-order valence-electron chi connectivity index (χ3n) is 6.63. The van der Waals surface area contributed by atoms with Gasteiger partial charge in [0.05, 0.1) is 5.54 Å². The summed E-state index contributed by atoms with van der Waals surface area (Å²) in [4.78, 5) is 10.3. The van der Waals surface area contributed by atoms with E-state index in [1.807, 2.05) is 0 Å². The second-order valence-corrected chi connectivity index (χ2v) is 8.68. The maximum Gasteiger partial charge on any atom is 0.132 e. The molecule has 0 bridgehead atoms. The lowest BCUT2D eigenvalue weighted by molar-refractivity contribution is 0.280. The van der Waals surface area contributed by atoms with Crippen LogP contribution < -0.4 is 4.90 Å². The number of aromatic nitrogens is 1. The molecule has 1 unspecified atom stereocenters. The molecular formula is C26H29N3. The van der Waals surface area contributed by atoms with Crippen molar-refractivity contribution in [3.8, 4) is 0 Å². The summed E-state index contributed by atoms with van der Waals surface area (Å²) < 4.78 is 0. The fourth-order valence-corrected chi connectivity index (χ4v) is 5.08. The molecular weight excluding hydrogens is 354 g/mol. The zero-order valence-corrected chi connectivity index (χ0v) is 17.2. The molecule has 2 aliphatic rings. The van der Waals surface area contributed by atoms with E-state index in [1.165, 1.54) is 35.3 Å². The summed E-state index contributed by atoms with van der Waals surface area (Å²) in [6, 6.07) is 26.2. The molecule has 29 heavy (non-hydrogen) atoms. The van der Waals surface area contributed by atoms with Crippen LogP contribution in [0.25, 0.3) is 0 Å². The third-order valence-corrected chi connectivity index (χ3v) is 6.63. The van der Waals surface area contributed by atoms with Gasteiger partial charge in [0.15, 0.2) is 0 Å². The molecule has 0 amide bonds. The molecule has 0 radical (unpaired) electrons. The fourth-order valence-electron chi connectivity index (χ4n) is 5.08. The van der Waals surface area contributed by atoms with Crippen LogP contribution in [0, 0.1) is 6.92 Å². The van der Waals surface area contributed by atoms with E-state index in [0.717, 1.165) is 38.3 Å². The molecule has 5 rings (SSSR count). The number of fused-ring (bicyclic) bond motifs is 1. The van der Waals surface area contributed by atoms with E-state index in [-0.39, 0.29) is 5.54 Å². The van der Waals surface area contributed by atoms with Crippen molar-refractivity contribution in [2.24, 2.45) is 0 Å². The van der Waals surface area contributed by atoms with Crippen LogP contribution in [0.5, 0.6) is 0 Å². The minimum absolute atomic E-state index is 0.179. The van der Waals surface area contributed by atoms with Gasteiger partial charge in [-0.25, -0.2) is 4.98 Å². The monoisotopic (exact) mass is 383 g/mol. The predicted molar refractivity (Wildman–Crippen MR) is 119 cm³/mol. The number of pyridine rings is 1. The second-order valence-electron chi connectivity index (χ2n) is 8.68. The van der Waals surface area contributed by atoms with Crippen LogP contribution in [0.2, 0.25) is 0 Å². The van der Waals surface area contributed by atoms with Crippen molar-refractivity contribution in [3.63, 3.8) is 0 Å². The predicted octanol–water partition coefficient (Wildman–Crippen LogP) is 4.99. The fraction of sp³-hybridized carbons (Fsp3) is 0.346. The van der Waals surface area contributed by atoms with E-state index in [4.69, 9.17) is 4.98 Å². The summed E-state index contributed by atoms with van der Waals surface area (Å²) >= 11 is 0. The first-order chi connectivity index (χ1) is 14.2. The largest absolute Gasteiger partial charge is 0.345 e. The number of hydrogen-bond donors (Lipinski definition) is 0. The summed E-state index contributed by atoms with van der Waals surface area (Å²) in [6.45, 7) is 6.35. The summed E-state index contributed by atoms with van der Waals surface area (Å²) in [5, 5.41) is 0. The molecule has 1 fully saturated rings. The van der Waals surface area contributed by atoms with Crippen LogP contribution in [-0.4, -0.2) is 28.5 Å². The van der Waals surface area contributed by atoms with E-state index in [9.17, 15) is 0 Å². The third kappa shape index (κ3) is 3.67. The van der Waals surface area contributed by atoms with Gasteiger partial charge in [0.25, 0.3) is 0 Å². The lowest BCUT2D eigenvalue weighted by Crippen LogP contribution is -2.53. The Balaban J connectivity index is 1.46. The Morgan fingerprint density at radius 3 is 2.24 bits per heavy atom. The van der Waals surface area contributed by atoms with E-state index in [1.54, 1.807) is 0 Å². The van der Waals surface area contributed by atoms with Gasteiger partial charge in [0, 0.05) is 31.9 Å². The van der Waals surface area contributed by atoms with Crippen LogP contribution in [-0.2, 0) is 19.5 Å². The number of nitrogens with zero attached hydrogens (tertiary/aromatic N) is 3. The number of rotatable bonds is 4. The maximum atomic E-state index is 5.03. The number of anilines is 1. The molecule has 0 N–H and O–H groups in total. The van der Waals surface area contributed by atoms with Gasteiger partial charge < -0.3 is 4.90 Å².